The summed E-state index contributed by atoms with van der Waals surface area (Å²) in [5.41, 5.74) is 5.87. The van der Waals surface area contributed by atoms with E-state index in [0.29, 0.717) is 17.9 Å². The number of hydrogen-bond acceptors (Lipinski definition) is 2. The van der Waals surface area contributed by atoms with Crippen molar-refractivity contribution in [2.24, 2.45) is 23.5 Å². The van der Waals surface area contributed by atoms with E-state index in [2.05, 4.69) is 4.90 Å². The first-order valence-corrected chi connectivity index (χ1v) is 7.25. The van der Waals surface area contributed by atoms with E-state index in [9.17, 15) is 4.79 Å². The Morgan fingerprint density at radius 1 is 1.12 bits per heavy atom. The van der Waals surface area contributed by atoms with Crippen LogP contribution in [0.2, 0.25) is 0 Å². The van der Waals surface area contributed by atoms with Crippen LogP contribution in [0.1, 0.15) is 44.9 Å². The number of fused-ring (bicyclic) bond motifs is 2. The molecule has 3 atom stereocenters. The van der Waals surface area contributed by atoms with Gasteiger partial charge in [-0.2, -0.15) is 0 Å². The number of piperidine rings is 1. The van der Waals surface area contributed by atoms with Crippen molar-refractivity contribution in [2.75, 3.05) is 13.1 Å². The Balaban J connectivity index is 1.50. The fourth-order valence-corrected chi connectivity index (χ4v) is 4.13. The van der Waals surface area contributed by atoms with Gasteiger partial charge < -0.3 is 10.6 Å². The van der Waals surface area contributed by atoms with Gasteiger partial charge >= 0.3 is 0 Å². The van der Waals surface area contributed by atoms with E-state index in [1.54, 1.807) is 0 Å². The third-order valence-corrected chi connectivity index (χ3v) is 5.21. The van der Waals surface area contributed by atoms with Crippen molar-refractivity contribution in [1.29, 1.82) is 0 Å². The van der Waals surface area contributed by atoms with Crippen molar-refractivity contribution in [1.82, 2.24) is 4.90 Å². The van der Waals surface area contributed by atoms with E-state index in [-0.39, 0.29) is 0 Å². The fourth-order valence-electron chi connectivity index (χ4n) is 4.13. The SMILES string of the molecule is NC1CCN(C(=O)CC2CC3CCC2C3)CC1. The third-order valence-electron chi connectivity index (χ3n) is 5.21. The maximum Gasteiger partial charge on any atom is 0.222 e. The first-order valence-electron chi connectivity index (χ1n) is 7.25. The molecule has 96 valence electrons. The second kappa shape index (κ2) is 4.60. The van der Waals surface area contributed by atoms with Crippen molar-refractivity contribution < 1.29 is 4.79 Å². The molecule has 2 aliphatic carbocycles. The van der Waals surface area contributed by atoms with Crippen LogP contribution < -0.4 is 5.73 Å². The molecule has 1 amide bonds. The number of rotatable bonds is 2. The highest BCUT2D eigenvalue weighted by atomic mass is 16.2. The van der Waals surface area contributed by atoms with E-state index in [0.717, 1.165) is 44.2 Å². The molecule has 3 unspecified atom stereocenters. The van der Waals surface area contributed by atoms with Crippen molar-refractivity contribution in [3.8, 4) is 0 Å². The number of hydrogen-bond donors (Lipinski definition) is 1. The minimum Gasteiger partial charge on any atom is -0.343 e. The van der Waals surface area contributed by atoms with Gasteiger partial charge in [0.25, 0.3) is 0 Å². The number of carbonyl (C=O) groups excluding carboxylic acids is 1. The molecular formula is C14H24N2O. The van der Waals surface area contributed by atoms with Crippen LogP contribution in [0.15, 0.2) is 0 Å². The summed E-state index contributed by atoms with van der Waals surface area (Å²) < 4.78 is 0. The zero-order valence-corrected chi connectivity index (χ0v) is 10.6. The van der Waals surface area contributed by atoms with Crippen molar-refractivity contribution in [3.63, 3.8) is 0 Å². The van der Waals surface area contributed by atoms with Crippen LogP contribution in [-0.2, 0) is 4.79 Å². The fraction of sp³-hybridized carbons (Fsp3) is 0.929. The van der Waals surface area contributed by atoms with E-state index >= 15 is 0 Å². The van der Waals surface area contributed by atoms with Crippen molar-refractivity contribution in [2.45, 2.75) is 51.0 Å². The number of amides is 1. The Hall–Kier alpha value is -0.570. The molecule has 1 saturated heterocycles. The van der Waals surface area contributed by atoms with Crippen LogP contribution in [0.3, 0.4) is 0 Å². The number of nitrogens with two attached hydrogens (primary N) is 1. The monoisotopic (exact) mass is 236 g/mol. The molecule has 0 aromatic heterocycles. The third kappa shape index (κ3) is 2.35. The molecule has 2 bridgehead atoms. The van der Waals surface area contributed by atoms with Gasteiger partial charge in [-0.05, 0) is 49.9 Å². The lowest BCUT2D eigenvalue weighted by Gasteiger charge is -2.32. The largest absolute Gasteiger partial charge is 0.343 e. The lowest BCUT2D eigenvalue weighted by Crippen LogP contribution is -2.43. The summed E-state index contributed by atoms with van der Waals surface area (Å²) >= 11 is 0. The van der Waals surface area contributed by atoms with Crippen molar-refractivity contribution >= 4 is 5.91 Å². The summed E-state index contributed by atoms with van der Waals surface area (Å²) in [6.07, 6.45) is 8.33. The van der Waals surface area contributed by atoms with Crippen LogP contribution in [0.25, 0.3) is 0 Å². The smallest absolute Gasteiger partial charge is 0.222 e. The standard InChI is InChI=1S/C14H24N2O/c15-13-3-5-16(6-4-13)14(17)9-12-8-10-1-2-11(12)7-10/h10-13H,1-9,15H2. The van der Waals surface area contributed by atoms with Gasteiger partial charge in [0, 0.05) is 25.6 Å². The zero-order valence-electron chi connectivity index (χ0n) is 10.6. The Morgan fingerprint density at radius 2 is 1.88 bits per heavy atom. The molecule has 1 heterocycles. The highest BCUT2D eigenvalue weighted by Gasteiger charge is 2.40. The average molecular weight is 236 g/mol. The Kier molecular flexibility index (Phi) is 3.12. The molecule has 0 spiro atoms. The van der Waals surface area contributed by atoms with Crippen LogP contribution in [0, 0.1) is 17.8 Å². The summed E-state index contributed by atoms with van der Waals surface area (Å²) in [5, 5.41) is 0. The maximum atomic E-state index is 12.2. The second-order valence-corrected chi connectivity index (χ2v) is 6.36. The van der Waals surface area contributed by atoms with Gasteiger partial charge in [-0.25, -0.2) is 0 Å². The molecule has 1 aliphatic heterocycles. The van der Waals surface area contributed by atoms with Gasteiger partial charge in [0.1, 0.15) is 0 Å². The predicted octanol–water partition coefficient (Wildman–Crippen LogP) is 1.76. The minimum absolute atomic E-state index is 0.321. The molecule has 0 aromatic carbocycles. The van der Waals surface area contributed by atoms with Gasteiger partial charge in [0.05, 0.1) is 0 Å². The van der Waals surface area contributed by atoms with Gasteiger partial charge in [-0.1, -0.05) is 6.42 Å². The van der Waals surface area contributed by atoms with Gasteiger partial charge in [0.15, 0.2) is 0 Å². The Bertz CT molecular complexity index is 297. The van der Waals surface area contributed by atoms with Crippen LogP contribution in [0.5, 0.6) is 0 Å². The zero-order chi connectivity index (χ0) is 11.8. The van der Waals surface area contributed by atoms with E-state index in [1.165, 1.54) is 25.7 Å². The highest BCUT2D eigenvalue weighted by Crippen LogP contribution is 2.49. The molecule has 2 saturated carbocycles. The van der Waals surface area contributed by atoms with E-state index in [1.807, 2.05) is 0 Å². The molecule has 2 N–H and O–H groups in total. The summed E-state index contributed by atoms with van der Waals surface area (Å²) in [6, 6.07) is 0.321. The molecule has 3 fully saturated rings. The Morgan fingerprint density at radius 3 is 2.47 bits per heavy atom. The first-order chi connectivity index (χ1) is 8.22. The molecular weight excluding hydrogens is 212 g/mol. The average Bonchev–Trinajstić information content (AvgIpc) is 2.91. The topological polar surface area (TPSA) is 46.3 Å². The van der Waals surface area contributed by atoms with Crippen LogP contribution >= 0.6 is 0 Å². The van der Waals surface area contributed by atoms with Gasteiger partial charge in [-0.15, -0.1) is 0 Å². The van der Waals surface area contributed by atoms with E-state index < -0.39 is 0 Å². The summed E-state index contributed by atoms with van der Waals surface area (Å²) in [6.45, 7) is 1.78. The first kappa shape index (κ1) is 11.5. The number of likely N-dealkylation sites (tertiary alicyclic amines) is 1. The van der Waals surface area contributed by atoms with Gasteiger partial charge in [-0.3, -0.25) is 4.79 Å². The normalized spacial score (nSPS) is 37.7. The van der Waals surface area contributed by atoms with Gasteiger partial charge in [0.2, 0.25) is 5.91 Å². The summed E-state index contributed by atoms with van der Waals surface area (Å²) in [7, 11) is 0. The molecule has 3 nitrogen and oxygen atoms in total. The molecule has 0 aromatic rings. The maximum absolute atomic E-state index is 12.2. The molecule has 3 aliphatic rings. The minimum atomic E-state index is 0.321. The Labute approximate surface area is 104 Å². The van der Waals surface area contributed by atoms with Crippen molar-refractivity contribution in [3.05, 3.63) is 0 Å². The molecule has 3 heteroatoms. The molecule has 0 radical (unpaired) electrons. The highest BCUT2D eigenvalue weighted by molar-refractivity contribution is 5.76. The molecule has 3 rings (SSSR count). The van der Waals surface area contributed by atoms with Crippen LogP contribution in [-0.4, -0.2) is 29.9 Å². The number of nitrogens with zero attached hydrogens (tertiary/aromatic N) is 1. The van der Waals surface area contributed by atoms with E-state index in [4.69, 9.17) is 5.73 Å². The summed E-state index contributed by atoms with van der Waals surface area (Å²) in [4.78, 5) is 14.3. The molecule has 17 heavy (non-hydrogen) atoms. The van der Waals surface area contributed by atoms with Crippen LogP contribution in [0.4, 0.5) is 0 Å². The second-order valence-electron chi connectivity index (χ2n) is 6.36. The predicted molar refractivity (Wildman–Crippen MR) is 67.3 cm³/mol. The lowest BCUT2D eigenvalue weighted by molar-refractivity contribution is -0.133. The quantitative estimate of drug-likeness (QED) is 0.794. The lowest BCUT2D eigenvalue weighted by atomic mass is 9.86. The number of carbonyl (C=O) groups is 1. The summed E-state index contributed by atoms with van der Waals surface area (Å²) in [5.74, 6) is 2.93.